The summed E-state index contributed by atoms with van der Waals surface area (Å²) in [5, 5.41) is 13.9. The zero-order valence-electron chi connectivity index (χ0n) is 11.9. The summed E-state index contributed by atoms with van der Waals surface area (Å²) in [5.74, 6) is -0.176. The molecule has 0 aliphatic heterocycles. The Hall–Kier alpha value is -1.06. The molecule has 1 aliphatic rings. The molecule has 1 fully saturated rings. The minimum atomic E-state index is -0.749. The smallest absolute Gasteiger partial charge is 0.251 e. The fraction of sp³-hybridized carbons (Fsp3) is 0.562. The Morgan fingerprint density at radius 1 is 1.30 bits per heavy atom. The number of rotatable bonds is 3. The van der Waals surface area contributed by atoms with Crippen LogP contribution in [0.25, 0.3) is 0 Å². The van der Waals surface area contributed by atoms with Crippen LogP contribution in [0.4, 0.5) is 0 Å². The molecule has 1 aromatic carbocycles. The number of halogens is 1. The third-order valence-corrected chi connectivity index (χ3v) is 4.45. The molecule has 20 heavy (non-hydrogen) atoms. The normalized spacial score (nSPS) is 18.4. The monoisotopic (exact) mass is 295 g/mol. The molecule has 0 aromatic heterocycles. The number of aryl methyl sites for hydroxylation is 1. The highest BCUT2D eigenvalue weighted by molar-refractivity contribution is 6.31. The van der Waals surface area contributed by atoms with Crippen LogP contribution >= 0.6 is 11.6 Å². The molecule has 0 unspecified atom stereocenters. The van der Waals surface area contributed by atoms with E-state index < -0.39 is 5.60 Å². The molecule has 0 radical (unpaired) electrons. The third kappa shape index (κ3) is 3.97. The SMILES string of the molecule is Cc1ccc(C(=O)NCC2(O)CCCCCC2)cc1Cl. The summed E-state index contributed by atoms with van der Waals surface area (Å²) in [6, 6.07) is 5.26. The van der Waals surface area contributed by atoms with Crippen LogP contribution in [0.5, 0.6) is 0 Å². The first-order chi connectivity index (χ1) is 9.50. The van der Waals surface area contributed by atoms with Crippen molar-refractivity contribution >= 4 is 17.5 Å². The summed E-state index contributed by atoms with van der Waals surface area (Å²) in [4.78, 5) is 12.1. The van der Waals surface area contributed by atoms with Crippen LogP contribution in [-0.4, -0.2) is 23.2 Å². The Kier molecular flexibility index (Phi) is 5.06. The molecule has 0 bridgehead atoms. The van der Waals surface area contributed by atoms with E-state index in [1.54, 1.807) is 12.1 Å². The summed E-state index contributed by atoms with van der Waals surface area (Å²) < 4.78 is 0. The van der Waals surface area contributed by atoms with Crippen LogP contribution < -0.4 is 5.32 Å². The number of carbonyl (C=O) groups excluding carboxylic acids is 1. The minimum absolute atomic E-state index is 0.176. The topological polar surface area (TPSA) is 49.3 Å². The average Bonchev–Trinajstić information content (AvgIpc) is 2.65. The van der Waals surface area contributed by atoms with Crippen molar-refractivity contribution in [2.75, 3.05) is 6.54 Å². The molecule has 4 heteroatoms. The lowest BCUT2D eigenvalue weighted by Crippen LogP contribution is -2.42. The molecule has 0 atom stereocenters. The second kappa shape index (κ2) is 6.59. The van der Waals surface area contributed by atoms with Gasteiger partial charge < -0.3 is 10.4 Å². The Balaban J connectivity index is 1.95. The summed E-state index contributed by atoms with van der Waals surface area (Å²) in [6.07, 6.45) is 5.93. The Labute approximate surface area is 125 Å². The van der Waals surface area contributed by atoms with Gasteiger partial charge in [0.25, 0.3) is 5.91 Å². The summed E-state index contributed by atoms with van der Waals surface area (Å²) in [7, 11) is 0. The van der Waals surface area contributed by atoms with E-state index in [9.17, 15) is 9.90 Å². The molecule has 3 nitrogen and oxygen atoms in total. The van der Waals surface area contributed by atoms with Crippen LogP contribution in [0.3, 0.4) is 0 Å². The first kappa shape index (κ1) is 15.3. The lowest BCUT2D eigenvalue weighted by Gasteiger charge is -2.26. The number of amides is 1. The fourth-order valence-corrected chi connectivity index (χ4v) is 2.82. The summed E-state index contributed by atoms with van der Waals surface area (Å²) >= 11 is 6.03. The zero-order valence-corrected chi connectivity index (χ0v) is 12.7. The minimum Gasteiger partial charge on any atom is -0.388 e. The van der Waals surface area contributed by atoms with Gasteiger partial charge in [-0.25, -0.2) is 0 Å². The molecule has 1 aromatic rings. The maximum Gasteiger partial charge on any atom is 0.251 e. The first-order valence-corrected chi connectivity index (χ1v) is 7.65. The van der Waals surface area contributed by atoms with Gasteiger partial charge in [0.05, 0.1) is 5.60 Å². The van der Waals surface area contributed by atoms with Gasteiger partial charge in [0.15, 0.2) is 0 Å². The summed E-state index contributed by atoms with van der Waals surface area (Å²) in [6.45, 7) is 2.22. The lowest BCUT2D eigenvalue weighted by molar-refractivity contribution is 0.0246. The van der Waals surface area contributed by atoms with Crippen molar-refractivity contribution < 1.29 is 9.90 Å². The van der Waals surface area contributed by atoms with Gasteiger partial charge in [-0.15, -0.1) is 0 Å². The second-order valence-corrected chi connectivity index (χ2v) is 6.19. The molecule has 1 amide bonds. The second-order valence-electron chi connectivity index (χ2n) is 5.79. The number of nitrogens with one attached hydrogen (secondary N) is 1. The molecule has 2 N–H and O–H groups in total. The molecule has 1 saturated carbocycles. The fourth-order valence-electron chi connectivity index (χ4n) is 2.64. The van der Waals surface area contributed by atoms with Crippen molar-refractivity contribution in [2.24, 2.45) is 0 Å². The van der Waals surface area contributed by atoms with Crippen molar-refractivity contribution in [2.45, 2.75) is 51.0 Å². The number of carbonyl (C=O) groups is 1. The standard InChI is InChI=1S/C16H22ClNO2/c1-12-6-7-13(10-14(12)17)15(19)18-11-16(20)8-4-2-3-5-9-16/h6-7,10,20H,2-5,8-9,11H2,1H3,(H,18,19). The number of hydrogen-bond donors (Lipinski definition) is 2. The van der Waals surface area contributed by atoms with Crippen molar-refractivity contribution in [3.63, 3.8) is 0 Å². The van der Waals surface area contributed by atoms with Crippen LogP contribution in [0.1, 0.15) is 54.4 Å². The van der Waals surface area contributed by atoms with E-state index in [2.05, 4.69) is 5.32 Å². The predicted octanol–water partition coefficient (Wildman–Crippen LogP) is 3.46. The van der Waals surface area contributed by atoms with Gasteiger partial charge >= 0.3 is 0 Å². The van der Waals surface area contributed by atoms with E-state index in [1.807, 2.05) is 13.0 Å². The van der Waals surface area contributed by atoms with E-state index in [4.69, 9.17) is 11.6 Å². The van der Waals surface area contributed by atoms with Crippen LogP contribution in [-0.2, 0) is 0 Å². The highest BCUT2D eigenvalue weighted by atomic mass is 35.5. The Morgan fingerprint density at radius 2 is 1.95 bits per heavy atom. The van der Waals surface area contributed by atoms with Crippen molar-refractivity contribution in [1.82, 2.24) is 5.32 Å². The first-order valence-electron chi connectivity index (χ1n) is 7.27. The van der Waals surface area contributed by atoms with E-state index >= 15 is 0 Å². The number of hydrogen-bond acceptors (Lipinski definition) is 2. The highest BCUT2D eigenvalue weighted by Gasteiger charge is 2.28. The van der Waals surface area contributed by atoms with Crippen LogP contribution in [0.2, 0.25) is 5.02 Å². The summed E-state index contributed by atoms with van der Waals surface area (Å²) in [5.41, 5.74) is 0.740. The molecule has 0 saturated heterocycles. The quantitative estimate of drug-likeness (QED) is 0.839. The van der Waals surface area contributed by atoms with Crippen molar-refractivity contribution in [3.05, 3.63) is 34.3 Å². The molecular formula is C16H22ClNO2. The van der Waals surface area contributed by atoms with Crippen LogP contribution in [0, 0.1) is 6.92 Å². The van der Waals surface area contributed by atoms with Gasteiger partial charge in [0, 0.05) is 17.1 Å². The van der Waals surface area contributed by atoms with Crippen LogP contribution in [0.15, 0.2) is 18.2 Å². The van der Waals surface area contributed by atoms with Crippen molar-refractivity contribution in [1.29, 1.82) is 0 Å². The Bertz CT molecular complexity index is 479. The lowest BCUT2D eigenvalue weighted by atomic mass is 9.94. The largest absolute Gasteiger partial charge is 0.388 e. The third-order valence-electron chi connectivity index (χ3n) is 4.05. The van der Waals surface area contributed by atoms with Crippen molar-refractivity contribution in [3.8, 4) is 0 Å². The van der Waals surface area contributed by atoms with Gasteiger partial charge in [-0.3, -0.25) is 4.79 Å². The Morgan fingerprint density at radius 3 is 2.55 bits per heavy atom. The number of benzene rings is 1. The zero-order chi connectivity index (χ0) is 14.6. The molecular weight excluding hydrogens is 274 g/mol. The van der Waals surface area contributed by atoms with Gasteiger partial charge in [-0.1, -0.05) is 43.4 Å². The molecule has 2 rings (SSSR count). The van der Waals surface area contributed by atoms with Gasteiger partial charge in [-0.05, 0) is 37.5 Å². The molecule has 0 heterocycles. The van der Waals surface area contributed by atoms with Gasteiger partial charge in [-0.2, -0.15) is 0 Å². The van der Waals surface area contributed by atoms with Gasteiger partial charge in [0.1, 0.15) is 0 Å². The highest BCUT2D eigenvalue weighted by Crippen LogP contribution is 2.26. The van der Waals surface area contributed by atoms with E-state index in [-0.39, 0.29) is 5.91 Å². The molecule has 110 valence electrons. The molecule has 0 spiro atoms. The maximum atomic E-state index is 12.1. The van der Waals surface area contributed by atoms with E-state index in [1.165, 1.54) is 12.8 Å². The van der Waals surface area contributed by atoms with E-state index in [0.717, 1.165) is 31.2 Å². The predicted molar refractivity (Wildman–Crippen MR) is 81.2 cm³/mol. The molecule has 1 aliphatic carbocycles. The maximum absolute atomic E-state index is 12.1. The van der Waals surface area contributed by atoms with Gasteiger partial charge in [0.2, 0.25) is 0 Å². The van der Waals surface area contributed by atoms with E-state index in [0.29, 0.717) is 17.1 Å². The average molecular weight is 296 g/mol. The number of aliphatic hydroxyl groups is 1.